The lowest BCUT2D eigenvalue weighted by atomic mass is 10.3. The highest BCUT2D eigenvalue weighted by atomic mass is 35.5. The fourth-order valence-electron chi connectivity index (χ4n) is 1.98. The average molecular weight is 388 g/mol. The van der Waals surface area contributed by atoms with Crippen LogP contribution < -0.4 is 9.47 Å². The minimum atomic E-state index is -1.14. The van der Waals surface area contributed by atoms with Crippen LogP contribution in [0.2, 0.25) is 10.0 Å². The zero-order valence-electron chi connectivity index (χ0n) is 13.5. The van der Waals surface area contributed by atoms with Gasteiger partial charge in [-0.05, 0) is 19.9 Å². The van der Waals surface area contributed by atoms with E-state index in [9.17, 15) is 4.79 Å². The number of aryl methyl sites for hydroxylation is 1. The number of oxime groups is 1. The van der Waals surface area contributed by atoms with Gasteiger partial charge in [0.2, 0.25) is 5.88 Å². The number of carboxylic acids is 1. The minimum absolute atomic E-state index is 0.118. The Kier molecular flexibility index (Phi) is 5.76. The van der Waals surface area contributed by atoms with E-state index in [0.29, 0.717) is 17.1 Å². The van der Waals surface area contributed by atoms with Gasteiger partial charge in [-0.25, -0.2) is 9.48 Å². The summed E-state index contributed by atoms with van der Waals surface area (Å²) in [7, 11) is 1.64. The minimum Gasteiger partial charge on any atom is -0.479 e. The summed E-state index contributed by atoms with van der Waals surface area (Å²) in [6, 6.07) is 2.79. The number of hydrogen-bond acceptors (Lipinski definition) is 6. The van der Waals surface area contributed by atoms with Crippen LogP contribution in [0.25, 0.3) is 0 Å². The van der Waals surface area contributed by atoms with Crippen LogP contribution in [0.15, 0.2) is 17.3 Å². The molecule has 134 valence electrons. The van der Waals surface area contributed by atoms with Crippen LogP contribution in [0, 0.1) is 6.92 Å². The van der Waals surface area contributed by atoms with Crippen molar-refractivity contribution in [1.29, 1.82) is 0 Å². The van der Waals surface area contributed by atoms with Crippen molar-refractivity contribution < 1.29 is 24.6 Å². The summed E-state index contributed by atoms with van der Waals surface area (Å²) >= 11 is 12.2. The number of ether oxygens (including phenoxy) is 2. The van der Waals surface area contributed by atoms with Gasteiger partial charge in [0.15, 0.2) is 11.9 Å². The molecule has 0 aliphatic heterocycles. The predicted molar refractivity (Wildman–Crippen MR) is 91.6 cm³/mol. The lowest BCUT2D eigenvalue weighted by molar-refractivity contribution is -0.144. The zero-order chi connectivity index (χ0) is 18.7. The molecule has 0 saturated heterocycles. The topological polar surface area (TPSA) is 106 Å². The molecule has 25 heavy (non-hydrogen) atoms. The molecule has 0 aliphatic rings. The number of halogens is 2. The smallest absolute Gasteiger partial charge is 0.344 e. The van der Waals surface area contributed by atoms with Crippen molar-refractivity contribution in [3.05, 3.63) is 33.4 Å². The van der Waals surface area contributed by atoms with Crippen LogP contribution in [0.4, 0.5) is 0 Å². The van der Waals surface area contributed by atoms with E-state index in [1.807, 2.05) is 0 Å². The largest absolute Gasteiger partial charge is 0.479 e. The number of aliphatic carboxylic acids is 1. The van der Waals surface area contributed by atoms with Gasteiger partial charge in [0.1, 0.15) is 11.4 Å². The van der Waals surface area contributed by atoms with E-state index in [2.05, 4.69) is 10.3 Å². The molecular weight excluding hydrogens is 373 g/mol. The molecular formula is C15H15Cl2N3O5. The molecule has 1 aromatic heterocycles. The molecule has 0 fully saturated rings. The Morgan fingerprint density at radius 2 is 2.00 bits per heavy atom. The lowest BCUT2D eigenvalue weighted by Crippen LogP contribution is -2.23. The molecule has 0 radical (unpaired) electrons. The summed E-state index contributed by atoms with van der Waals surface area (Å²) in [4.78, 5) is 10.9. The second kappa shape index (κ2) is 7.62. The third-order valence-electron chi connectivity index (χ3n) is 3.28. The van der Waals surface area contributed by atoms with Crippen molar-refractivity contribution in [2.24, 2.45) is 12.2 Å². The molecule has 1 atom stereocenters. The first-order chi connectivity index (χ1) is 11.7. The summed E-state index contributed by atoms with van der Waals surface area (Å²) in [6.45, 7) is 3.10. The number of rotatable bonds is 6. The van der Waals surface area contributed by atoms with Crippen molar-refractivity contribution in [3.63, 3.8) is 0 Å². The molecule has 2 aromatic rings. The zero-order valence-corrected chi connectivity index (χ0v) is 15.0. The van der Waals surface area contributed by atoms with Gasteiger partial charge in [-0.15, -0.1) is 0 Å². The Hall–Kier alpha value is -2.45. The normalized spacial score (nSPS) is 12.4. The van der Waals surface area contributed by atoms with E-state index in [0.717, 1.165) is 0 Å². The van der Waals surface area contributed by atoms with Crippen molar-refractivity contribution in [1.82, 2.24) is 9.78 Å². The van der Waals surface area contributed by atoms with E-state index < -0.39 is 12.1 Å². The molecule has 0 saturated carbocycles. The highest BCUT2D eigenvalue weighted by Crippen LogP contribution is 2.39. The SMILES string of the molecule is Cc1c(/C=N/O)nn(C)c1Oc1cc(O[C@@H](C)C(=O)O)c(Cl)cc1Cl. The molecule has 8 nitrogen and oxygen atoms in total. The maximum absolute atomic E-state index is 10.9. The van der Waals surface area contributed by atoms with E-state index in [1.54, 1.807) is 14.0 Å². The number of carbonyl (C=O) groups is 1. The third kappa shape index (κ3) is 4.15. The van der Waals surface area contributed by atoms with Crippen LogP contribution >= 0.6 is 23.2 Å². The van der Waals surface area contributed by atoms with Crippen LogP contribution in [-0.4, -0.2) is 38.4 Å². The van der Waals surface area contributed by atoms with Crippen molar-refractivity contribution in [2.75, 3.05) is 0 Å². The molecule has 1 heterocycles. The fourth-order valence-corrected chi connectivity index (χ4v) is 2.44. The van der Waals surface area contributed by atoms with Gasteiger partial charge in [0.25, 0.3) is 0 Å². The van der Waals surface area contributed by atoms with Crippen LogP contribution in [0.5, 0.6) is 17.4 Å². The number of carboxylic acid groups (broad SMARTS) is 1. The van der Waals surface area contributed by atoms with Gasteiger partial charge in [0, 0.05) is 18.7 Å². The summed E-state index contributed by atoms with van der Waals surface area (Å²) < 4.78 is 12.5. The molecule has 2 rings (SSSR count). The van der Waals surface area contributed by atoms with E-state index in [1.165, 1.54) is 30.0 Å². The molecule has 2 N–H and O–H groups in total. The number of nitrogens with zero attached hydrogens (tertiary/aromatic N) is 3. The Morgan fingerprint density at radius 3 is 2.60 bits per heavy atom. The van der Waals surface area contributed by atoms with Crippen molar-refractivity contribution >= 4 is 35.4 Å². The first kappa shape index (κ1) is 18.9. The van der Waals surface area contributed by atoms with Gasteiger partial charge in [-0.3, -0.25) is 0 Å². The second-order valence-electron chi connectivity index (χ2n) is 5.10. The Balaban J connectivity index is 2.39. The van der Waals surface area contributed by atoms with E-state index in [-0.39, 0.29) is 21.5 Å². The highest BCUT2D eigenvalue weighted by Gasteiger charge is 2.19. The monoisotopic (exact) mass is 387 g/mol. The van der Waals surface area contributed by atoms with Crippen molar-refractivity contribution in [2.45, 2.75) is 20.0 Å². The molecule has 0 aliphatic carbocycles. The highest BCUT2D eigenvalue weighted by molar-refractivity contribution is 6.36. The van der Waals surface area contributed by atoms with Gasteiger partial charge >= 0.3 is 5.97 Å². The maximum atomic E-state index is 10.9. The first-order valence-corrected chi connectivity index (χ1v) is 7.77. The van der Waals surface area contributed by atoms with Gasteiger partial charge < -0.3 is 19.8 Å². The maximum Gasteiger partial charge on any atom is 0.344 e. The summed E-state index contributed by atoms with van der Waals surface area (Å²) in [5, 5.41) is 25.0. The summed E-state index contributed by atoms with van der Waals surface area (Å²) in [5.41, 5.74) is 1.04. The predicted octanol–water partition coefficient (Wildman–Crippen LogP) is 3.49. The quantitative estimate of drug-likeness (QED) is 0.446. The number of hydrogen-bond donors (Lipinski definition) is 2. The number of benzene rings is 1. The molecule has 0 spiro atoms. The summed E-state index contributed by atoms with van der Waals surface area (Å²) in [6.07, 6.45) is 0.0756. The first-order valence-electron chi connectivity index (χ1n) is 7.02. The Bertz CT molecular complexity index is 835. The molecule has 10 heteroatoms. The number of aromatic nitrogens is 2. The Labute approximate surface area is 153 Å². The van der Waals surface area contributed by atoms with Crippen molar-refractivity contribution in [3.8, 4) is 17.4 Å². The average Bonchev–Trinajstić information content (AvgIpc) is 2.79. The van der Waals surface area contributed by atoms with Crippen LogP contribution in [-0.2, 0) is 11.8 Å². The van der Waals surface area contributed by atoms with E-state index in [4.69, 9.17) is 43.0 Å². The third-order valence-corrected chi connectivity index (χ3v) is 3.87. The fraction of sp³-hybridized carbons (Fsp3) is 0.267. The molecule has 0 amide bonds. The Morgan fingerprint density at radius 1 is 1.36 bits per heavy atom. The molecule has 0 unspecified atom stereocenters. The second-order valence-corrected chi connectivity index (χ2v) is 5.91. The van der Waals surface area contributed by atoms with Crippen LogP contribution in [0.1, 0.15) is 18.2 Å². The van der Waals surface area contributed by atoms with E-state index >= 15 is 0 Å². The van der Waals surface area contributed by atoms with Gasteiger partial charge in [0.05, 0.1) is 16.3 Å². The summed E-state index contributed by atoms with van der Waals surface area (Å²) in [5.74, 6) is -0.453. The molecule has 1 aromatic carbocycles. The van der Waals surface area contributed by atoms with Gasteiger partial charge in [-0.2, -0.15) is 5.10 Å². The van der Waals surface area contributed by atoms with Crippen LogP contribution in [0.3, 0.4) is 0 Å². The van der Waals surface area contributed by atoms with Gasteiger partial charge in [-0.1, -0.05) is 28.4 Å². The lowest BCUT2D eigenvalue weighted by Gasteiger charge is -2.15. The standard InChI is InChI=1S/C15H15Cl2N3O5/c1-7-11(6-18-23)19-20(3)14(7)25-13-5-12(9(16)4-10(13)17)24-8(2)15(21)22/h4-6,8,23H,1-3H3,(H,21,22)/b18-6+/t8-/m0/s1. The molecule has 0 bridgehead atoms.